The van der Waals surface area contributed by atoms with Crippen LogP contribution in [-0.2, 0) is 24.4 Å². The molecule has 110 valence electrons. The van der Waals surface area contributed by atoms with Gasteiger partial charge in [-0.05, 0) is 28.0 Å². The van der Waals surface area contributed by atoms with Crippen LogP contribution in [0.15, 0.2) is 24.3 Å². The molecule has 0 aliphatic carbocycles. The molecule has 1 aliphatic rings. The molecular weight excluding hydrogens is 268 g/mol. The van der Waals surface area contributed by atoms with Crippen LogP contribution in [0.1, 0.15) is 23.6 Å². The van der Waals surface area contributed by atoms with Crippen molar-refractivity contribution in [2.45, 2.75) is 26.6 Å². The van der Waals surface area contributed by atoms with Crippen molar-refractivity contribution in [2.24, 2.45) is 0 Å². The highest BCUT2D eigenvalue weighted by molar-refractivity contribution is 5.94. The van der Waals surface area contributed by atoms with Crippen molar-refractivity contribution >= 4 is 16.7 Å². The Morgan fingerprint density at radius 2 is 2.14 bits per heavy atom. The van der Waals surface area contributed by atoms with Gasteiger partial charge in [0.2, 0.25) is 5.91 Å². The molecule has 0 spiro atoms. The Morgan fingerprint density at radius 1 is 1.38 bits per heavy atom. The van der Waals surface area contributed by atoms with Gasteiger partial charge in [-0.15, -0.1) is 0 Å². The van der Waals surface area contributed by atoms with E-state index in [-0.39, 0.29) is 5.91 Å². The number of rotatable bonds is 3. The number of carbonyl (C=O) groups is 1. The summed E-state index contributed by atoms with van der Waals surface area (Å²) in [6.45, 7) is 2.92. The van der Waals surface area contributed by atoms with Gasteiger partial charge in [-0.2, -0.15) is 5.06 Å². The number of carbonyl (C=O) groups excluding carboxylic acids is 1. The third kappa shape index (κ3) is 2.46. The topological polar surface area (TPSA) is 61.8 Å². The molecule has 3 rings (SSSR count). The zero-order valence-electron chi connectivity index (χ0n) is 12.1. The second-order valence-electron chi connectivity index (χ2n) is 5.29. The maximum Gasteiger partial charge on any atom is 0.217 e. The first-order valence-corrected chi connectivity index (χ1v) is 6.88. The van der Waals surface area contributed by atoms with E-state index in [0.717, 1.165) is 33.2 Å². The SMILES string of the molecule is COc1cc2c3c(cccc3c1CNC(C)=O)CN(O)C2. The van der Waals surface area contributed by atoms with E-state index in [4.69, 9.17) is 4.74 Å². The summed E-state index contributed by atoms with van der Waals surface area (Å²) in [6, 6.07) is 7.97. The van der Waals surface area contributed by atoms with Gasteiger partial charge in [-0.1, -0.05) is 18.2 Å². The molecule has 0 saturated carbocycles. The molecule has 0 unspecified atom stereocenters. The first-order chi connectivity index (χ1) is 10.1. The fraction of sp³-hybridized carbons (Fsp3) is 0.312. The highest BCUT2D eigenvalue weighted by atomic mass is 16.5. The van der Waals surface area contributed by atoms with E-state index in [2.05, 4.69) is 5.32 Å². The van der Waals surface area contributed by atoms with E-state index in [1.54, 1.807) is 7.11 Å². The van der Waals surface area contributed by atoms with Gasteiger partial charge in [0.25, 0.3) is 0 Å². The van der Waals surface area contributed by atoms with E-state index >= 15 is 0 Å². The highest BCUT2D eigenvalue weighted by Crippen LogP contribution is 2.36. The number of amides is 1. The predicted molar refractivity (Wildman–Crippen MR) is 79.1 cm³/mol. The number of hydrogen-bond acceptors (Lipinski definition) is 4. The molecule has 0 aromatic heterocycles. The van der Waals surface area contributed by atoms with E-state index < -0.39 is 0 Å². The summed E-state index contributed by atoms with van der Waals surface area (Å²) in [5, 5.41) is 16.2. The number of nitrogens with zero attached hydrogens (tertiary/aromatic N) is 1. The van der Waals surface area contributed by atoms with Gasteiger partial charge in [-0.3, -0.25) is 4.79 Å². The normalized spacial score (nSPS) is 14.2. The van der Waals surface area contributed by atoms with Gasteiger partial charge in [0.1, 0.15) is 5.75 Å². The molecule has 0 bridgehead atoms. The highest BCUT2D eigenvalue weighted by Gasteiger charge is 2.21. The van der Waals surface area contributed by atoms with Crippen LogP contribution in [0.2, 0.25) is 0 Å². The van der Waals surface area contributed by atoms with Crippen LogP contribution in [-0.4, -0.2) is 23.3 Å². The number of ether oxygens (including phenoxy) is 1. The summed E-state index contributed by atoms with van der Waals surface area (Å²) in [4.78, 5) is 11.2. The van der Waals surface area contributed by atoms with Gasteiger partial charge in [-0.25, -0.2) is 0 Å². The van der Waals surface area contributed by atoms with E-state index in [0.29, 0.717) is 19.6 Å². The molecule has 5 nitrogen and oxygen atoms in total. The number of nitrogens with one attached hydrogen (secondary N) is 1. The maximum absolute atomic E-state index is 11.2. The summed E-state index contributed by atoms with van der Waals surface area (Å²) < 4.78 is 5.48. The molecule has 21 heavy (non-hydrogen) atoms. The third-order valence-electron chi connectivity index (χ3n) is 3.84. The van der Waals surface area contributed by atoms with Crippen LogP contribution in [0.3, 0.4) is 0 Å². The molecule has 1 amide bonds. The summed E-state index contributed by atoms with van der Waals surface area (Å²) in [5.41, 5.74) is 3.10. The van der Waals surface area contributed by atoms with Gasteiger partial charge in [0, 0.05) is 32.1 Å². The zero-order chi connectivity index (χ0) is 15.0. The van der Waals surface area contributed by atoms with Crippen LogP contribution in [0, 0.1) is 0 Å². The Bertz CT molecular complexity index is 712. The monoisotopic (exact) mass is 286 g/mol. The molecular formula is C16H18N2O3. The molecule has 2 aromatic rings. The Kier molecular flexibility index (Phi) is 3.53. The molecule has 5 heteroatoms. The minimum absolute atomic E-state index is 0.0703. The Labute approximate surface area is 123 Å². The molecule has 1 aliphatic heterocycles. The van der Waals surface area contributed by atoms with Crippen LogP contribution < -0.4 is 10.1 Å². The van der Waals surface area contributed by atoms with E-state index in [9.17, 15) is 10.0 Å². The first-order valence-electron chi connectivity index (χ1n) is 6.88. The first kappa shape index (κ1) is 13.9. The standard InChI is InChI=1S/C16H18N2O3/c1-10(19)17-7-14-13-5-3-4-11-8-18(20)9-12(16(11)13)6-15(14)21-2/h3-6,20H,7-9H2,1-2H3,(H,17,19). The third-order valence-corrected chi connectivity index (χ3v) is 3.84. The van der Waals surface area contributed by atoms with Crippen molar-refractivity contribution in [1.82, 2.24) is 10.4 Å². The van der Waals surface area contributed by atoms with Crippen molar-refractivity contribution in [3.8, 4) is 5.75 Å². The largest absolute Gasteiger partial charge is 0.496 e. The van der Waals surface area contributed by atoms with E-state index in [1.165, 1.54) is 12.0 Å². The number of hydrogen-bond donors (Lipinski definition) is 2. The zero-order valence-corrected chi connectivity index (χ0v) is 12.1. The minimum atomic E-state index is -0.0703. The summed E-state index contributed by atoms with van der Waals surface area (Å²) in [7, 11) is 1.62. The second kappa shape index (κ2) is 5.35. The van der Waals surface area contributed by atoms with Gasteiger partial charge >= 0.3 is 0 Å². The van der Waals surface area contributed by atoms with Gasteiger partial charge in [0.05, 0.1) is 7.11 Å². The lowest BCUT2D eigenvalue weighted by molar-refractivity contribution is -0.119. The Hall–Kier alpha value is -2.11. The minimum Gasteiger partial charge on any atom is -0.496 e. The predicted octanol–water partition coefficient (Wildman–Crippen LogP) is 2.19. The van der Waals surface area contributed by atoms with Crippen molar-refractivity contribution in [3.05, 3.63) is 41.0 Å². The molecule has 0 fully saturated rings. The molecule has 0 saturated heterocycles. The van der Waals surface area contributed by atoms with Crippen molar-refractivity contribution in [2.75, 3.05) is 7.11 Å². The smallest absolute Gasteiger partial charge is 0.217 e. The Morgan fingerprint density at radius 3 is 2.86 bits per heavy atom. The van der Waals surface area contributed by atoms with Crippen LogP contribution in [0.25, 0.3) is 10.8 Å². The van der Waals surface area contributed by atoms with Gasteiger partial charge in [0.15, 0.2) is 0 Å². The average molecular weight is 286 g/mol. The maximum atomic E-state index is 11.2. The molecule has 2 N–H and O–H groups in total. The summed E-state index contributed by atoms with van der Waals surface area (Å²) in [6.07, 6.45) is 0. The van der Waals surface area contributed by atoms with Crippen LogP contribution in [0.5, 0.6) is 5.75 Å². The fourth-order valence-corrected chi connectivity index (χ4v) is 2.96. The van der Waals surface area contributed by atoms with Crippen LogP contribution >= 0.6 is 0 Å². The second-order valence-corrected chi connectivity index (χ2v) is 5.29. The number of hydroxylamine groups is 2. The number of benzene rings is 2. The summed E-state index contributed by atoms with van der Waals surface area (Å²) in [5.74, 6) is 0.665. The summed E-state index contributed by atoms with van der Waals surface area (Å²) >= 11 is 0. The molecule has 0 radical (unpaired) electrons. The molecule has 1 heterocycles. The Balaban J connectivity index is 2.21. The lowest BCUT2D eigenvalue weighted by Gasteiger charge is -2.26. The van der Waals surface area contributed by atoms with Gasteiger partial charge < -0.3 is 15.3 Å². The van der Waals surface area contributed by atoms with Crippen molar-refractivity contribution in [3.63, 3.8) is 0 Å². The number of methoxy groups -OCH3 is 1. The van der Waals surface area contributed by atoms with E-state index in [1.807, 2.05) is 24.3 Å². The lowest BCUT2D eigenvalue weighted by atomic mass is 9.92. The molecule has 0 atom stereocenters. The van der Waals surface area contributed by atoms with Crippen molar-refractivity contribution < 1.29 is 14.7 Å². The lowest BCUT2D eigenvalue weighted by Crippen LogP contribution is -2.24. The quantitative estimate of drug-likeness (QED) is 0.908. The van der Waals surface area contributed by atoms with Crippen molar-refractivity contribution in [1.29, 1.82) is 0 Å². The fourth-order valence-electron chi connectivity index (χ4n) is 2.96. The average Bonchev–Trinajstić information content (AvgIpc) is 2.45. The molecule has 2 aromatic carbocycles. The van der Waals surface area contributed by atoms with Crippen LogP contribution in [0.4, 0.5) is 0 Å².